The number of phosphoric acid groups is 2. The highest BCUT2D eigenvalue weighted by atomic mass is 31.2. The lowest BCUT2D eigenvalue weighted by atomic mass is 10.3. The van der Waals surface area contributed by atoms with Gasteiger partial charge in [-0.15, -0.1) is 0 Å². The number of phosphoric ester groups is 2. The Balaban J connectivity index is 0.000000280. The van der Waals surface area contributed by atoms with Crippen LogP contribution in [0.3, 0.4) is 0 Å². The highest BCUT2D eigenvalue weighted by molar-refractivity contribution is 7.47. The van der Waals surface area contributed by atoms with Crippen LogP contribution in [0, 0.1) is 20.2 Å². The molecule has 0 heterocycles. The van der Waals surface area contributed by atoms with E-state index in [1.54, 1.807) is 0 Å². The lowest BCUT2D eigenvalue weighted by Gasteiger charge is -2.05. The van der Waals surface area contributed by atoms with Crippen LogP contribution in [0.4, 0.5) is 11.4 Å². The van der Waals surface area contributed by atoms with Gasteiger partial charge >= 0.3 is 15.6 Å². The van der Waals surface area contributed by atoms with Gasteiger partial charge in [0.2, 0.25) is 0 Å². The topological polar surface area (TPSA) is 220 Å². The number of nitro benzene ring substituents is 2. The van der Waals surface area contributed by atoms with Crippen LogP contribution in [0.1, 0.15) is 0 Å². The van der Waals surface area contributed by atoms with Gasteiger partial charge < -0.3 is 9.05 Å². The van der Waals surface area contributed by atoms with Gasteiger partial charge in [0, 0.05) is 24.3 Å². The molecule has 0 fully saturated rings. The summed E-state index contributed by atoms with van der Waals surface area (Å²) >= 11 is 0. The second-order valence-corrected chi connectivity index (χ2v) is 6.99. The Morgan fingerprint density at radius 1 is 0.643 bits per heavy atom. The van der Waals surface area contributed by atoms with E-state index in [1.165, 1.54) is 0 Å². The maximum absolute atomic E-state index is 10.4. The van der Waals surface area contributed by atoms with Crippen LogP contribution in [0.2, 0.25) is 0 Å². The van der Waals surface area contributed by atoms with Crippen molar-refractivity contribution in [2.45, 2.75) is 0 Å². The van der Waals surface area contributed by atoms with Gasteiger partial charge in [-0.2, -0.15) is 0 Å². The number of non-ortho nitro benzene ring substituents is 2. The van der Waals surface area contributed by atoms with Crippen molar-refractivity contribution < 1.29 is 47.6 Å². The number of hydrogen-bond acceptors (Lipinski definition) is 8. The first-order chi connectivity index (χ1) is 12.8. The second kappa shape index (κ2) is 9.37. The summed E-state index contributed by atoms with van der Waals surface area (Å²) < 4.78 is 29.1. The molecule has 28 heavy (non-hydrogen) atoms. The minimum atomic E-state index is -4.60. The fraction of sp³-hybridized carbons (Fsp3) is 0. The first kappa shape index (κ1) is 23.2. The van der Waals surface area contributed by atoms with E-state index in [0.29, 0.717) is 0 Å². The highest BCUT2D eigenvalue weighted by Gasteiger charge is 2.17. The van der Waals surface area contributed by atoms with Crippen molar-refractivity contribution in [3.8, 4) is 11.5 Å². The summed E-state index contributed by atoms with van der Waals surface area (Å²) in [5.74, 6) is -0.243. The smallest absolute Gasteiger partial charge is 0.404 e. The molecule has 0 bridgehead atoms. The van der Waals surface area contributed by atoms with Crippen molar-refractivity contribution >= 4 is 27.0 Å². The van der Waals surface area contributed by atoms with Gasteiger partial charge in [-0.05, 0) is 24.3 Å². The third kappa shape index (κ3) is 9.19. The molecule has 14 nitrogen and oxygen atoms in total. The summed E-state index contributed by atoms with van der Waals surface area (Å²) in [5.41, 5.74) is -0.355. The lowest BCUT2D eigenvalue weighted by molar-refractivity contribution is -0.385. The average Bonchev–Trinajstić information content (AvgIpc) is 2.53. The molecule has 4 N–H and O–H groups in total. The fourth-order valence-electron chi connectivity index (χ4n) is 1.53. The Bertz CT molecular complexity index is 841. The minimum absolute atomic E-state index is 0.121. The molecule has 2 rings (SSSR count). The van der Waals surface area contributed by atoms with Gasteiger partial charge in [-0.25, -0.2) is 9.13 Å². The molecule has 0 aliphatic carbocycles. The number of benzene rings is 2. The van der Waals surface area contributed by atoms with E-state index in [-0.39, 0.29) is 22.9 Å². The fourth-order valence-corrected chi connectivity index (χ4v) is 2.32. The summed E-state index contributed by atoms with van der Waals surface area (Å²) in [6.45, 7) is 0. The third-order valence-electron chi connectivity index (χ3n) is 2.54. The van der Waals surface area contributed by atoms with E-state index in [2.05, 4.69) is 9.05 Å². The van der Waals surface area contributed by atoms with E-state index >= 15 is 0 Å². The summed E-state index contributed by atoms with van der Waals surface area (Å²) in [6.07, 6.45) is 0. The molecule has 0 amide bonds. The van der Waals surface area contributed by atoms with Gasteiger partial charge in [0.05, 0.1) is 9.85 Å². The van der Waals surface area contributed by atoms with Gasteiger partial charge in [0.1, 0.15) is 11.5 Å². The summed E-state index contributed by atoms with van der Waals surface area (Å²) in [7, 11) is -9.19. The van der Waals surface area contributed by atoms with Crippen molar-refractivity contribution in [3.63, 3.8) is 0 Å². The van der Waals surface area contributed by atoms with E-state index < -0.39 is 25.5 Å². The lowest BCUT2D eigenvalue weighted by Crippen LogP contribution is -1.91. The predicted octanol–water partition coefficient (Wildman–Crippen LogP) is 2.13. The average molecular weight is 438 g/mol. The highest BCUT2D eigenvalue weighted by Crippen LogP contribution is 2.38. The normalized spacial score (nSPS) is 11.0. The Labute approximate surface area is 155 Å². The maximum atomic E-state index is 10.4. The molecule has 0 aliphatic heterocycles. The van der Waals surface area contributed by atoms with Crippen LogP contribution in [-0.4, -0.2) is 29.4 Å². The number of nitro groups is 2. The molecule has 0 atom stereocenters. The third-order valence-corrected chi connectivity index (χ3v) is 3.44. The zero-order valence-electron chi connectivity index (χ0n) is 13.5. The number of hydrogen-bond donors (Lipinski definition) is 4. The van der Waals surface area contributed by atoms with Gasteiger partial charge in [-0.1, -0.05) is 0 Å². The summed E-state index contributed by atoms with van der Waals surface area (Å²) in [5, 5.41) is 20.4. The molecule has 16 heteroatoms. The van der Waals surface area contributed by atoms with Crippen LogP contribution >= 0.6 is 15.6 Å². The molecule has 0 aliphatic rings. The zero-order chi connectivity index (χ0) is 21.5. The van der Waals surface area contributed by atoms with Crippen molar-refractivity contribution in [2.75, 3.05) is 0 Å². The Hall–Kier alpha value is -2.86. The molecule has 2 aromatic rings. The van der Waals surface area contributed by atoms with E-state index in [0.717, 1.165) is 48.5 Å². The Kier molecular flexibility index (Phi) is 7.76. The van der Waals surface area contributed by atoms with Gasteiger partial charge in [-0.3, -0.25) is 39.8 Å². The Morgan fingerprint density at radius 3 is 1.07 bits per heavy atom. The van der Waals surface area contributed by atoms with Crippen LogP contribution in [0.15, 0.2) is 48.5 Å². The van der Waals surface area contributed by atoms with E-state index in [4.69, 9.17) is 19.6 Å². The first-order valence-corrected chi connectivity index (χ1v) is 9.82. The van der Waals surface area contributed by atoms with Gasteiger partial charge in [0.25, 0.3) is 11.4 Å². The number of rotatable bonds is 6. The molecule has 152 valence electrons. The SMILES string of the molecule is O=[N+]([O-])c1ccc(OP(=O)(O)O)cc1.O=[N+]([O-])c1ccc(OP(=O)(O)O)cc1. The molecule has 2 aromatic carbocycles. The largest absolute Gasteiger partial charge is 0.524 e. The zero-order valence-corrected chi connectivity index (χ0v) is 15.3. The Morgan fingerprint density at radius 2 is 0.893 bits per heavy atom. The van der Waals surface area contributed by atoms with Crippen LogP contribution in [-0.2, 0) is 9.13 Å². The molecule has 0 spiro atoms. The quantitative estimate of drug-likeness (QED) is 0.289. The molecule has 0 saturated carbocycles. The molecular formula is C12H12N2O12P2. The van der Waals surface area contributed by atoms with Crippen molar-refractivity contribution in [1.82, 2.24) is 0 Å². The van der Waals surface area contributed by atoms with Crippen LogP contribution < -0.4 is 9.05 Å². The second-order valence-electron chi connectivity index (χ2n) is 4.67. The molecule has 0 saturated heterocycles. The van der Waals surface area contributed by atoms with E-state index in [1.807, 2.05) is 0 Å². The first-order valence-electron chi connectivity index (χ1n) is 6.76. The van der Waals surface area contributed by atoms with Crippen molar-refractivity contribution in [3.05, 3.63) is 68.8 Å². The van der Waals surface area contributed by atoms with E-state index in [9.17, 15) is 29.4 Å². The van der Waals surface area contributed by atoms with Crippen molar-refractivity contribution in [2.24, 2.45) is 0 Å². The van der Waals surface area contributed by atoms with Gasteiger partial charge in [0.15, 0.2) is 0 Å². The standard InChI is InChI=1S/2C6H6NO6P/c2*8-7(9)5-1-3-6(4-2-5)13-14(10,11)12/h2*1-4H,(H2,10,11,12). The monoisotopic (exact) mass is 438 g/mol. The summed E-state index contributed by atoms with van der Waals surface area (Å²) in [6, 6.07) is 8.79. The predicted molar refractivity (Wildman–Crippen MR) is 91.5 cm³/mol. The molecular weight excluding hydrogens is 426 g/mol. The minimum Gasteiger partial charge on any atom is -0.404 e. The number of nitrogens with zero attached hydrogens (tertiary/aromatic N) is 2. The molecule has 0 aromatic heterocycles. The summed E-state index contributed by atoms with van der Waals surface area (Å²) in [4.78, 5) is 52.8. The molecule has 0 unspecified atom stereocenters. The van der Waals surface area contributed by atoms with Crippen LogP contribution in [0.5, 0.6) is 11.5 Å². The molecule has 0 radical (unpaired) electrons. The van der Waals surface area contributed by atoms with Crippen molar-refractivity contribution in [1.29, 1.82) is 0 Å². The maximum Gasteiger partial charge on any atom is 0.524 e. The van der Waals surface area contributed by atoms with Crippen LogP contribution in [0.25, 0.3) is 0 Å².